The molecule has 0 unspecified atom stereocenters. The molecule has 2 aliphatic carbocycles. The Morgan fingerprint density at radius 1 is 0.329 bits per heavy atom. The minimum absolute atomic E-state index is 0.115. The Kier molecular flexibility index (Phi) is 10.3. The van der Waals surface area contributed by atoms with Crippen LogP contribution in [-0.2, 0) is 10.8 Å². The molecule has 0 saturated heterocycles. The maximum atomic E-state index is 4.66. The number of nitrogens with zero attached hydrogens (tertiary/aromatic N) is 1. The van der Waals surface area contributed by atoms with Gasteiger partial charge in [-0.2, -0.15) is 0 Å². The van der Waals surface area contributed by atoms with Crippen LogP contribution in [0.4, 0.5) is 17.1 Å². The zero-order chi connectivity index (χ0) is 47.7. The lowest BCUT2D eigenvalue weighted by Gasteiger charge is -2.30. The molecule has 0 radical (unpaired) electrons. The van der Waals surface area contributed by atoms with Crippen molar-refractivity contribution in [2.24, 2.45) is 0 Å². The molecule has 0 aromatic heterocycles. The fraction of sp³-hybridized carbons (Fsp3) is 0.101. The highest BCUT2D eigenvalue weighted by molar-refractivity contribution is 5.93. The lowest BCUT2D eigenvalue weighted by atomic mass is 9.81. The summed E-state index contributed by atoms with van der Waals surface area (Å²) in [5, 5.41) is 0. The number of hydrogen-bond donors (Lipinski definition) is 0. The molecular formula is C69H55N. The second kappa shape index (κ2) is 16.8. The van der Waals surface area contributed by atoms with Crippen LogP contribution >= 0.6 is 0 Å². The summed E-state index contributed by atoms with van der Waals surface area (Å²) in [5.41, 5.74) is 27.9. The van der Waals surface area contributed by atoms with E-state index in [0.717, 1.165) is 33.8 Å². The smallest absolute Gasteiger partial charge is 0.0465 e. The van der Waals surface area contributed by atoms with E-state index in [-0.39, 0.29) is 10.8 Å². The number of rotatable bonds is 9. The molecule has 10 aromatic rings. The van der Waals surface area contributed by atoms with Gasteiger partial charge in [-0.3, -0.25) is 0 Å². The molecule has 0 atom stereocenters. The Hall–Kier alpha value is -8.26. The van der Waals surface area contributed by atoms with Crippen LogP contribution in [0, 0.1) is 6.92 Å². The van der Waals surface area contributed by atoms with Crippen LogP contribution in [-0.4, -0.2) is 0 Å². The van der Waals surface area contributed by atoms with Gasteiger partial charge in [0.05, 0.1) is 0 Å². The van der Waals surface area contributed by atoms with Crippen molar-refractivity contribution in [3.63, 3.8) is 0 Å². The fourth-order valence-electron chi connectivity index (χ4n) is 11.5. The quantitative estimate of drug-likeness (QED) is 0.140. The van der Waals surface area contributed by atoms with Crippen LogP contribution < -0.4 is 4.90 Å². The van der Waals surface area contributed by atoms with Gasteiger partial charge in [0.1, 0.15) is 0 Å². The predicted molar refractivity (Wildman–Crippen MR) is 297 cm³/mol. The number of hydrogen-bond acceptors (Lipinski definition) is 1. The number of aryl methyl sites for hydroxylation is 1. The molecule has 70 heavy (non-hydrogen) atoms. The van der Waals surface area contributed by atoms with Gasteiger partial charge in [0.25, 0.3) is 0 Å². The van der Waals surface area contributed by atoms with Crippen LogP contribution in [0.2, 0.25) is 0 Å². The van der Waals surface area contributed by atoms with Crippen LogP contribution in [0.3, 0.4) is 0 Å². The van der Waals surface area contributed by atoms with E-state index in [1.54, 1.807) is 0 Å². The van der Waals surface area contributed by atoms with Gasteiger partial charge >= 0.3 is 0 Å². The van der Waals surface area contributed by atoms with Crippen LogP contribution in [0.15, 0.2) is 237 Å². The molecular weight excluding hydrogens is 843 g/mol. The average Bonchev–Trinajstić information content (AvgIpc) is 3.77. The molecule has 0 fully saturated rings. The molecule has 0 aliphatic heterocycles. The van der Waals surface area contributed by atoms with Crippen molar-refractivity contribution in [3.8, 4) is 66.8 Å². The minimum atomic E-state index is -0.239. The Morgan fingerprint density at radius 3 is 1.40 bits per heavy atom. The first-order valence-electron chi connectivity index (χ1n) is 24.6. The predicted octanol–water partition coefficient (Wildman–Crippen LogP) is 18.8. The molecule has 0 saturated carbocycles. The second-order valence-corrected chi connectivity index (χ2v) is 20.3. The highest BCUT2D eigenvalue weighted by Crippen LogP contribution is 2.54. The largest absolute Gasteiger partial charge is 0.310 e. The molecule has 12 rings (SSSR count). The van der Waals surface area contributed by atoms with Gasteiger partial charge in [0.15, 0.2) is 0 Å². The lowest BCUT2D eigenvalue weighted by molar-refractivity contribution is 0.660. The monoisotopic (exact) mass is 897 g/mol. The average molecular weight is 898 g/mol. The van der Waals surface area contributed by atoms with E-state index in [1.807, 2.05) is 0 Å². The van der Waals surface area contributed by atoms with Gasteiger partial charge in [-0.15, -0.1) is 0 Å². The summed E-state index contributed by atoms with van der Waals surface area (Å²) in [7, 11) is 0. The number of benzene rings is 10. The van der Waals surface area contributed by atoms with E-state index in [9.17, 15) is 0 Å². The van der Waals surface area contributed by atoms with E-state index in [0.29, 0.717) is 0 Å². The summed E-state index contributed by atoms with van der Waals surface area (Å²) < 4.78 is 0. The maximum absolute atomic E-state index is 4.66. The van der Waals surface area contributed by atoms with Gasteiger partial charge in [-0.1, -0.05) is 210 Å². The number of anilines is 3. The Bertz CT molecular complexity index is 3660. The third-order valence-corrected chi connectivity index (χ3v) is 15.4. The van der Waals surface area contributed by atoms with Gasteiger partial charge in [-0.05, 0) is 173 Å². The molecule has 0 heterocycles. The van der Waals surface area contributed by atoms with Gasteiger partial charge < -0.3 is 4.90 Å². The molecule has 0 N–H and O–H groups in total. The van der Waals surface area contributed by atoms with E-state index in [2.05, 4.69) is 277 Å². The summed E-state index contributed by atoms with van der Waals surface area (Å²) >= 11 is 0. The maximum Gasteiger partial charge on any atom is 0.0465 e. The Balaban J connectivity index is 0.911. The van der Waals surface area contributed by atoms with Crippen molar-refractivity contribution >= 4 is 22.6 Å². The van der Waals surface area contributed by atoms with Crippen molar-refractivity contribution in [1.82, 2.24) is 0 Å². The van der Waals surface area contributed by atoms with Gasteiger partial charge in [0, 0.05) is 27.9 Å². The summed E-state index contributed by atoms with van der Waals surface area (Å²) in [6, 6.07) is 85.1. The van der Waals surface area contributed by atoms with Crippen molar-refractivity contribution in [3.05, 3.63) is 276 Å². The lowest BCUT2D eigenvalue weighted by Crippen LogP contribution is -2.18. The minimum Gasteiger partial charge on any atom is -0.310 e. The van der Waals surface area contributed by atoms with Crippen molar-refractivity contribution in [2.75, 3.05) is 4.90 Å². The number of fused-ring (bicyclic) bond motifs is 6. The summed E-state index contributed by atoms with van der Waals surface area (Å²) in [5.74, 6) is 0. The molecule has 0 spiro atoms. The molecule has 336 valence electrons. The van der Waals surface area contributed by atoms with E-state index in [1.165, 1.54) is 94.6 Å². The Morgan fingerprint density at radius 2 is 0.757 bits per heavy atom. The third-order valence-electron chi connectivity index (χ3n) is 15.4. The molecule has 1 nitrogen and oxygen atoms in total. The second-order valence-electron chi connectivity index (χ2n) is 20.3. The SMILES string of the molecule is C=C(c1ccccc1)c1cc(-c2cccc(-c3ccc4c(c3)C(C)(C)c3cc(N(c5ccc(-c6ccccc6)cc5)c5ccc6c(c5)C(C)(C)c5ccccc5-6)ccc3-4)c2)ccc1-c1ccccc1C. The van der Waals surface area contributed by atoms with Gasteiger partial charge in [0.2, 0.25) is 0 Å². The topological polar surface area (TPSA) is 3.24 Å². The zero-order valence-electron chi connectivity index (χ0n) is 40.6. The summed E-state index contributed by atoms with van der Waals surface area (Å²) in [4.78, 5) is 2.46. The first-order chi connectivity index (χ1) is 34.0. The standard InChI is InChI=1S/C69H55N/c1-45-18-13-14-25-57(45)58-36-30-52(41-63(58)46(2)47-19-9-7-10-20-47)50-23-17-24-51(40-50)53-31-37-60-62-39-35-56(44-67(62)69(5,6)65(60)42-53)70(54-32-28-49(29-33-54)48-21-11-8-12-22-48)55-34-38-61-59-26-15-16-27-64(59)68(3,4)66(61)43-55/h7-44H,2H2,1,3-6H3. The summed E-state index contributed by atoms with van der Waals surface area (Å²) in [6.45, 7) is 16.4. The molecule has 2 aliphatic rings. The Labute approximate surface area is 413 Å². The highest BCUT2D eigenvalue weighted by Gasteiger charge is 2.38. The highest BCUT2D eigenvalue weighted by atomic mass is 15.1. The van der Waals surface area contributed by atoms with Crippen molar-refractivity contribution in [2.45, 2.75) is 45.4 Å². The van der Waals surface area contributed by atoms with E-state index in [4.69, 9.17) is 0 Å². The van der Waals surface area contributed by atoms with Crippen LogP contribution in [0.5, 0.6) is 0 Å². The van der Waals surface area contributed by atoms with Crippen molar-refractivity contribution < 1.29 is 0 Å². The van der Waals surface area contributed by atoms with Crippen molar-refractivity contribution in [1.29, 1.82) is 0 Å². The van der Waals surface area contributed by atoms with Crippen LogP contribution in [0.25, 0.3) is 72.3 Å². The van der Waals surface area contributed by atoms with E-state index < -0.39 is 0 Å². The normalized spacial score (nSPS) is 13.5. The van der Waals surface area contributed by atoms with E-state index >= 15 is 0 Å². The molecule has 10 aromatic carbocycles. The third kappa shape index (κ3) is 7.15. The zero-order valence-corrected chi connectivity index (χ0v) is 40.6. The first kappa shape index (κ1) is 43.0. The van der Waals surface area contributed by atoms with Gasteiger partial charge in [-0.25, -0.2) is 0 Å². The molecule has 0 bridgehead atoms. The molecule has 0 amide bonds. The fourth-order valence-corrected chi connectivity index (χ4v) is 11.5. The summed E-state index contributed by atoms with van der Waals surface area (Å²) in [6.07, 6.45) is 0. The molecule has 1 heteroatoms. The first-order valence-corrected chi connectivity index (χ1v) is 24.6. The van der Waals surface area contributed by atoms with Crippen LogP contribution in [0.1, 0.15) is 66.6 Å².